The highest BCUT2D eigenvalue weighted by molar-refractivity contribution is 5.70. The second-order valence-corrected chi connectivity index (χ2v) is 5.22. The molecule has 1 aliphatic heterocycles. The number of carbonyl (C=O) groups excluding carboxylic acids is 2. The first-order valence-electron chi connectivity index (χ1n) is 8.23. The van der Waals surface area contributed by atoms with Crippen LogP contribution < -0.4 is 0 Å². The average Bonchev–Trinajstić information content (AvgIpc) is 2.52. The van der Waals surface area contributed by atoms with E-state index in [2.05, 4.69) is 0 Å². The van der Waals surface area contributed by atoms with Crippen molar-refractivity contribution < 1.29 is 29.3 Å². The molecule has 0 atom stereocenters. The number of carbonyl (C=O) groups is 2. The van der Waals surface area contributed by atoms with E-state index in [0.717, 1.165) is 25.7 Å². The van der Waals surface area contributed by atoms with Gasteiger partial charge in [0.1, 0.15) is 13.2 Å². The number of hydrogen-bond donors (Lipinski definition) is 2. The number of aliphatic hydroxyl groups is 2. The van der Waals surface area contributed by atoms with E-state index in [0.29, 0.717) is 12.8 Å². The van der Waals surface area contributed by atoms with Crippen LogP contribution in [0.25, 0.3) is 0 Å². The van der Waals surface area contributed by atoms with Gasteiger partial charge in [-0.25, -0.2) is 0 Å². The Morgan fingerprint density at radius 2 is 0.955 bits per heavy atom. The Bertz CT molecular complexity index is 252. The molecule has 0 aliphatic carbocycles. The van der Waals surface area contributed by atoms with Crippen LogP contribution in [0.1, 0.15) is 64.2 Å². The van der Waals surface area contributed by atoms with E-state index in [4.69, 9.17) is 19.7 Å². The number of esters is 2. The third-order valence-electron chi connectivity index (χ3n) is 3.22. The Balaban J connectivity index is 0.000000980. The molecule has 6 heteroatoms. The van der Waals surface area contributed by atoms with Crippen LogP contribution in [-0.4, -0.2) is 48.6 Å². The van der Waals surface area contributed by atoms with Crippen molar-refractivity contribution in [2.75, 3.05) is 26.4 Å². The minimum Gasteiger partial charge on any atom is -0.462 e. The lowest BCUT2D eigenvalue weighted by atomic mass is 10.1. The third-order valence-corrected chi connectivity index (χ3v) is 3.22. The minimum atomic E-state index is -0.182. The smallest absolute Gasteiger partial charge is 0.305 e. The Labute approximate surface area is 132 Å². The molecular weight excluding hydrogens is 288 g/mol. The van der Waals surface area contributed by atoms with Crippen LogP contribution in [0.2, 0.25) is 0 Å². The van der Waals surface area contributed by atoms with Gasteiger partial charge < -0.3 is 19.7 Å². The Kier molecular flexibility index (Phi) is 15.4. The summed E-state index contributed by atoms with van der Waals surface area (Å²) >= 11 is 0. The molecule has 1 fully saturated rings. The maximum atomic E-state index is 11.3. The molecule has 0 bridgehead atoms. The lowest BCUT2D eigenvalue weighted by molar-refractivity contribution is -0.152. The van der Waals surface area contributed by atoms with Crippen molar-refractivity contribution in [1.29, 1.82) is 0 Å². The SMILES string of the molecule is O=C1CCCCCCCCCCC(=O)OCCO1.OCCO. The maximum Gasteiger partial charge on any atom is 0.305 e. The van der Waals surface area contributed by atoms with Crippen molar-refractivity contribution in [1.82, 2.24) is 0 Å². The van der Waals surface area contributed by atoms with Crippen LogP contribution in [0.5, 0.6) is 0 Å². The molecule has 0 saturated carbocycles. The molecule has 0 unspecified atom stereocenters. The predicted molar refractivity (Wildman–Crippen MR) is 82.3 cm³/mol. The molecule has 1 saturated heterocycles. The van der Waals surface area contributed by atoms with Crippen molar-refractivity contribution in [3.63, 3.8) is 0 Å². The summed E-state index contributed by atoms with van der Waals surface area (Å²) < 4.78 is 9.95. The zero-order chi connectivity index (χ0) is 16.5. The number of aliphatic hydroxyl groups excluding tert-OH is 2. The fraction of sp³-hybridized carbons (Fsp3) is 0.875. The molecule has 1 rings (SSSR count). The zero-order valence-electron chi connectivity index (χ0n) is 13.4. The number of ether oxygens (including phenoxy) is 2. The Hall–Kier alpha value is -1.14. The average molecular weight is 318 g/mol. The maximum absolute atomic E-state index is 11.3. The van der Waals surface area contributed by atoms with E-state index in [1.807, 2.05) is 0 Å². The second-order valence-electron chi connectivity index (χ2n) is 5.22. The summed E-state index contributed by atoms with van der Waals surface area (Å²) in [7, 11) is 0. The van der Waals surface area contributed by atoms with Crippen molar-refractivity contribution in [3.05, 3.63) is 0 Å². The van der Waals surface area contributed by atoms with Crippen molar-refractivity contribution in [2.24, 2.45) is 0 Å². The summed E-state index contributed by atoms with van der Waals surface area (Å²) in [6.45, 7) is 0.120. The van der Waals surface area contributed by atoms with E-state index in [9.17, 15) is 9.59 Å². The summed E-state index contributed by atoms with van der Waals surface area (Å²) in [5.74, 6) is -0.365. The monoisotopic (exact) mass is 318 g/mol. The molecule has 0 aromatic carbocycles. The van der Waals surface area contributed by atoms with Gasteiger partial charge in [0.05, 0.1) is 13.2 Å². The minimum absolute atomic E-state index is 0.125. The molecular formula is C16H30O6. The van der Waals surface area contributed by atoms with Gasteiger partial charge in [-0.15, -0.1) is 0 Å². The van der Waals surface area contributed by atoms with Crippen molar-refractivity contribution in [3.8, 4) is 0 Å². The van der Waals surface area contributed by atoms with Crippen LogP contribution in [-0.2, 0) is 19.1 Å². The van der Waals surface area contributed by atoms with Crippen LogP contribution in [0, 0.1) is 0 Å². The summed E-state index contributed by atoms with van der Waals surface area (Å²) in [5.41, 5.74) is 0. The van der Waals surface area contributed by atoms with Gasteiger partial charge in [-0.05, 0) is 12.8 Å². The quantitative estimate of drug-likeness (QED) is 0.718. The molecule has 0 amide bonds. The van der Waals surface area contributed by atoms with E-state index >= 15 is 0 Å². The van der Waals surface area contributed by atoms with Gasteiger partial charge in [0.25, 0.3) is 0 Å². The molecule has 130 valence electrons. The fourth-order valence-electron chi connectivity index (χ4n) is 2.05. The highest BCUT2D eigenvalue weighted by Gasteiger charge is 2.06. The topological polar surface area (TPSA) is 93.1 Å². The van der Waals surface area contributed by atoms with E-state index in [1.54, 1.807) is 0 Å². The molecule has 2 N–H and O–H groups in total. The zero-order valence-corrected chi connectivity index (χ0v) is 13.4. The van der Waals surface area contributed by atoms with Gasteiger partial charge >= 0.3 is 11.9 Å². The van der Waals surface area contributed by atoms with Gasteiger partial charge in [-0.1, -0.05) is 38.5 Å². The highest BCUT2D eigenvalue weighted by atomic mass is 16.6. The van der Waals surface area contributed by atoms with E-state index in [-0.39, 0.29) is 38.4 Å². The van der Waals surface area contributed by atoms with Crippen LogP contribution in [0.4, 0.5) is 0 Å². The molecule has 1 aliphatic rings. The summed E-state index contributed by atoms with van der Waals surface area (Å²) in [4.78, 5) is 22.6. The van der Waals surface area contributed by atoms with Gasteiger partial charge in [-0.2, -0.15) is 0 Å². The number of rotatable bonds is 1. The normalized spacial score (nSPS) is 19.4. The molecule has 0 radical (unpaired) electrons. The number of hydrogen-bond acceptors (Lipinski definition) is 6. The third kappa shape index (κ3) is 15.3. The standard InChI is InChI=1S/C14H24O4.C2H6O2/c15-13-9-7-5-3-1-2-4-6-8-10-14(16)18-12-11-17-13;3-1-2-4/h1-12H2;3-4H,1-2H2. The fourth-order valence-corrected chi connectivity index (χ4v) is 2.05. The van der Waals surface area contributed by atoms with Crippen LogP contribution >= 0.6 is 0 Å². The van der Waals surface area contributed by atoms with Crippen LogP contribution in [0.3, 0.4) is 0 Å². The summed E-state index contributed by atoms with van der Waals surface area (Å²) in [6, 6.07) is 0. The van der Waals surface area contributed by atoms with Crippen LogP contribution in [0.15, 0.2) is 0 Å². The second kappa shape index (κ2) is 16.2. The number of cyclic esters (lactones) is 2. The summed E-state index contributed by atoms with van der Waals surface area (Å²) in [6.07, 6.45) is 9.79. The molecule has 1 heterocycles. The largest absolute Gasteiger partial charge is 0.462 e. The molecule has 0 spiro atoms. The van der Waals surface area contributed by atoms with Gasteiger partial charge in [0.2, 0.25) is 0 Å². The summed E-state index contributed by atoms with van der Waals surface area (Å²) in [5, 5.41) is 15.2. The van der Waals surface area contributed by atoms with Crippen molar-refractivity contribution in [2.45, 2.75) is 64.2 Å². The molecule has 22 heavy (non-hydrogen) atoms. The first kappa shape index (κ1) is 20.9. The van der Waals surface area contributed by atoms with E-state index < -0.39 is 0 Å². The lowest BCUT2D eigenvalue weighted by Gasteiger charge is -2.07. The van der Waals surface area contributed by atoms with Crippen molar-refractivity contribution >= 4 is 11.9 Å². The van der Waals surface area contributed by atoms with Gasteiger partial charge in [0.15, 0.2) is 0 Å². The Morgan fingerprint density at radius 1 is 0.636 bits per heavy atom. The van der Waals surface area contributed by atoms with Gasteiger partial charge in [-0.3, -0.25) is 9.59 Å². The molecule has 0 aromatic rings. The first-order valence-corrected chi connectivity index (χ1v) is 8.23. The Morgan fingerprint density at radius 3 is 1.27 bits per heavy atom. The van der Waals surface area contributed by atoms with E-state index in [1.165, 1.54) is 25.7 Å². The predicted octanol–water partition coefficient (Wildman–Crippen LogP) is 1.96. The molecule has 6 nitrogen and oxygen atoms in total. The molecule has 0 aromatic heterocycles. The lowest BCUT2D eigenvalue weighted by Crippen LogP contribution is -2.13. The first-order chi connectivity index (χ1) is 10.7. The highest BCUT2D eigenvalue weighted by Crippen LogP contribution is 2.11. The van der Waals surface area contributed by atoms with Gasteiger partial charge in [0, 0.05) is 12.8 Å².